The number of carbonyl (C=O) groups excluding carboxylic acids is 1. The standard InChI is InChI=1S/C19H18N4O/c20-13-16-14-23(12-11-15-7-3-1-4-8-15)19(24)18(16)22-21-17-9-5-2-6-10-17/h1-10,16,21H,11-12,14H2/b22-18-. The second kappa shape index (κ2) is 7.42. The van der Waals surface area contributed by atoms with E-state index in [9.17, 15) is 10.1 Å². The third kappa shape index (κ3) is 3.61. The molecule has 1 unspecified atom stereocenters. The van der Waals surface area contributed by atoms with Crippen LogP contribution in [0.1, 0.15) is 5.56 Å². The van der Waals surface area contributed by atoms with Crippen LogP contribution >= 0.6 is 0 Å². The zero-order chi connectivity index (χ0) is 16.8. The number of hydrogen-bond donors (Lipinski definition) is 1. The van der Waals surface area contributed by atoms with E-state index in [2.05, 4.69) is 16.6 Å². The highest BCUT2D eigenvalue weighted by molar-refractivity contribution is 6.42. The first-order valence-corrected chi connectivity index (χ1v) is 7.89. The van der Waals surface area contributed by atoms with Gasteiger partial charge in [-0.05, 0) is 24.1 Å². The van der Waals surface area contributed by atoms with Gasteiger partial charge in [0, 0.05) is 13.1 Å². The Morgan fingerprint density at radius 3 is 2.46 bits per heavy atom. The second-order valence-corrected chi connectivity index (χ2v) is 5.64. The molecule has 0 aliphatic carbocycles. The molecule has 24 heavy (non-hydrogen) atoms. The Balaban J connectivity index is 1.67. The summed E-state index contributed by atoms with van der Waals surface area (Å²) in [5.74, 6) is -0.662. The fourth-order valence-electron chi connectivity index (χ4n) is 2.67. The maximum Gasteiger partial charge on any atom is 0.271 e. The molecule has 2 aromatic carbocycles. The number of carbonyl (C=O) groups is 1. The van der Waals surface area contributed by atoms with E-state index in [0.29, 0.717) is 13.1 Å². The van der Waals surface area contributed by atoms with Gasteiger partial charge in [0.05, 0.1) is 11.8 Å². The van der Waals surface area contributed by atoms with Crippen LogP contribution in [0.5, 0.6) is 0 Å². The van der Waals surface area contributed by atoms with Crippen molar-refractivity contribution in [3.63, 3.8) is 0 Å². The summed E-state index contributed by atoms with van der Waals surface area (Å²) in [6.07, 6.45) is 0.768. The number of hydrogen-bond acceptors (Lipinski definition) is 4. The van der Waals surface area contributed by atoms with E-state index in [4.69, 9.17) is 0 Å². The smallest absolute Gasteiger partial charge is 0.271 e. The van der Waals surface area contributed by atoms with Crippen LogP contribution in [0.3, 0.4) is 0 Å². The van der Waals surface area contributed by atoms with Crippen LogP contribution in [0, 0.1) is 17.2 Å². The molecule has 1 amide bonds. The lowest BCUT2D eigenvalue weighted by molar-refractivity contribution is -0.122. The normalized spacial score (nSPS) is 18.6. The summed E-state index contributed by atoms with van der Waals surface area (Å²) in [5, 5.41) is 13.5. The summed E-state index contributed by atoms with van der Waals surface area (Å²) in [5.41, 5.74) is 5.11. The molecule has 1 fully saturated rings. The minimum Gasteiger partial charge on any atom is -0.335 e. The number of para-hydroxylation sites is 1. The van der Waals surface area contributed by atoms with E-state index in [-0.39, 0.29) is 11.6 Å². The Kier molecular flexibility index (Phi) is 4.87. The molecule has 0 bridgehead atoms. The van der Waals surface area contributed by atoms with Crippen LogP contribution in [0.4, 0.5) is 5.69 Å². The maximum absolute atomic E-state index is 12.5. The fraction of sp³-hybridized carbons (Fsp3) is 0.211. The third-order valence-corrected chi connectivity index (χ3v) is 3.99. The average Bonchev–Trinajstić information content (AvgIpc) is 2.95. The Bertz CT molecular complexity index is 765. The first-order valence-electron chi connectivity index (χ1n) is 7.89. The van der Waals surface area contributed by atoms with Gasteiger partial charge in [0.25, 0.3) is 5.91 Å². The van der Waals surface area contributed by atoms with Crippen LogP contribution in [0.15, 0.2) is 65.8 Å². The van der Waals surface area contributed by atoms with Crippen molar-refractivity contribution in [3.8, 4) is 6.07 Å². The lowest BCUT2D eigenvalue weighted by Gasteiger charge is -2.14. The minimum absolute atomic E-state index is 0.166. The minimum atomic E-state index is -0.496. The summed E-state index contributed by atoms with van der Waals surface area (Å²) in [6.45, 7) is 0.989. The summed E-state index contributed by atoms with van der Waals surface area (Å²) < 4.78 is 0. The predicted molar refractivity (Wildman–Crippen MR) is 93.3 cm³/mol. The average molecular weight is 318 g/mol. The number of hydrazone groups is 1. The second-order valence-electron chi connectivity index (χ2n) is 5.64. The Morgan fingerprint density at radius 1 is 1.12 bits per heavy atom. The summed E-state index contributed by atoms with van der Waals surface area (Å²) in [6, 6.07) is 21.6. The molecule has 2 aromatic rings. The highest BCUT2D eigenvalue weighted by Gasteiger charge is 2.36. The van der Waals surface area contributed by atoms with Gasteiger partial charge in [-0.25, -0.2) is 0 Å². The zero-order valence-corrected chi connectivity index (χ0v) is 13.2. The molecule has 5 heteroatoms. The summed E-state index contributed by atoms with van der Waals surface area (Å²) in [7, 11) is 0. The van der Waals surface area contributed by atoms with E-state index in [0.717, 1.165) is 12.1 Å². The maximum atomic E-state index is 12.5. The molecule has 1 atom stereocenters. The molecular formula is C19H18N4O. The molecule has 0 radical (unpaired) electrons. The van der Waals surface area contributed by atoms with Crippen molar-refractivity contribution in [3.05, 3.63) is 66.2 Å². The van der Waals surface area contributed by atoms with Crippen LogP contribution < -0.4 is 5.43 Å². The van der Waals surface area contributed by atoms with E-state index in [1.165, 1.54) is 5.56 Å². The van der Waals surface area contributed by atoms with Crippen molar-refractivity contribution in [1.29, 1.82) is 5.26 Å². The Labute approximate surface area is 141 Å². The van der Waals surface area contributed by atoms with Crippen molar-refractivity contribution in [2.24, 2.45) is 11.0 Å². The van der Waals surface area contributed by atoms with Crippen molar-refractivity contribution in [2.45, 2.75) is 6.42 Å². The number of nitrogens with zero attached hydrogens (tertiary/aromatic N) is 3. The molecule has 1 aliphatic rings. The monoisotopic (exact) mass is 318 g/mol. The molecule has 0 spiro atoms. The predicted octanol–water partition coefficient (Wildman–Crippen LogP) is 2.68. The van der Waals surface area contributed by atoms with Gasteiger partial charge in [-0.1, -0.05) is 48.5 Å². The number of likely N-dealkylation sites (tertiary alicyclic amines) is 1. The number of nitriles is 1. The van der Waals surface area contributed by atoms with Gasteiger partial charge in [0.15, 0.2) is 0 Å². The number of benzene rings is 2. The van der Waals surface area contributed by atoms with Crippen molar-refractivity contribution in [2.75, 3.05) is 18.5 Å². The molecule has 1 saturated heterocycles. The van der Waals surface area contributed by atoms with E-state index >= 15 is 0 Å². The van der Waals surface area contributed by atoms with E-state index in [1.807, 2.05) is 60.7 Å². The topological polar surface area (TPSA) is 68.5 Å². The van der Waals surface area contributed by atoms with Gasteiger partial charge in [-0.2, -0.15) is 10.4 Å². The van der Waals surface area contributed by atoms with E-state index < -0.39 is 5.92 Å². The molecule has 0 saturated carbocycles. The number of rotatable bonds is 5. The molecule has 1 heterocycles. The van der Waals surface area contributed by atoms with Gasteiger partial charge < -0.3 is 4.90 Å². The van der Waals surface area contributed by atoms with Gasteiger partial charge in [0.2, 0.25) is 0 Å². The molecule has 1 aliphatic heterocycles. The molecule has 1 N–H and O–H groups in total. The SMILES string of the molecule is N#CC1CN(CCc2ccccc2)C(=O)/C1=N\Nc1ccccc1. The van der Waals surface area contributed by atoms with Crippen LogP contribution in [0.2, 0.25) is 0 Å². The van der Waals surface area contributed by atoms with Gasteiger partial charge in [-0.3, -0.25) is 10.2 Å². The molecule has 3 rings (SSSR count). The van der Waals surface area contributed by atoms with Gasteiger partial charge >= 0.3 is 0 Å². The zero-order valence-electron chi connectivity index (χ0n) is 13.2. The number of anilines is 1. The summed E-state index contributed by atoms with van der Waals surface area (Å²) >= 11 is 0. The number of nitrogens with one attached hydrogen (secondary N) is 1. The largest absolute Gasteiger partial charge is 0.335 e. The molecule has 120 valence electrons. The third-order valence-electron chi connectivity index (χ3n) is 3.99. The van der Waals surface area contributed by atoms with Gasteiger partial charge in [0.1, 0.15) is 11.6 Å². The van der Waals surface area contributed by atoms with Crippen molar-refractivity contribution < 1.29 is 4.79 Å². The first kappa shape index (κ1) is 15.8. The number of amides is 1. The van der Waals surface area contributed by atoms with Gasteiger partial charge in [-0.15, -0.1) is 0 Å². The van der Waals surface area contributed by atoms with Crippen LogP contribution in [0.25, 0.3) is 0 Å². The van der Waals surface area contributed by atoms with Crippen molar-refractivity contribution in [1.82, 2.24) is 4.90 Å². The Morgan fingerprint density at radius 2 is 1.79 bits per heavy atom. The summed E-state index contributed by atoms with van der Waals surface area (Å²) in [4.78, 5) is 14.2. The molecule has 0 aromatic heterocycles. The lowest BCUT2D eigenvalue weighted by Crippen LogP contribution is -2.29. The first-order chi connectivity index (χ1) is 11.8. The fourth-order valence-corrected chi connectivity index (χ4v) is 2.67. The lowest BCUT2D eigenvalue weighted by atomic mass is 10.1. The van der Waals surface area contributed by atoms with Crippen molar-refractivity contribution >= 4 is 17.3 Å². The van der Waals surface area contributed by atoms with Crippen LogP contribution in [-0.2, 0) is 11.2 Å². The highest BCUT2D eigenvalue weighted by atomic mass is 16.2. The molecule has 5 nitrogen and oxygen atoms in total. The Hall–Kier alpha value is -3.13. The van der Waals surface area contributed by atoms with E-state index in [1.54, 1.807) is 4.90 Å². The van der Waals surface area contributed by atoms with Crippen LogP contribution in [-0.4, -0.2) is 29.6 Å². The highest BCUT2D eigenvalue weighted by Crippen LogP contribution is 2.17. The quantitative estimate of drug-likeness (QED) is 0.862. The molecular weight excluding hydrogens is 300 g/mol.